The smallest absolute Gasteiger partial charge is 0.274 e. The molecule has 2 saturated carbocycles. The van der Waals surface area contributed by atoms with Crippen LogP contribution in [-0.4, -0.2) is 11.5 Å². The predicted molar refractivity (Wildman–Crippen MR) is 73.9 cm³/mol. The predicted octanol–water partition coefficient (Wildman–Crippen LogP) is 3.44. The summed E-state index contributed by atoms with van der Waals surface area (Å²) in [6.07, 6.45) is 5.41. The molecule has 1 N–H and O–H groups in total. The number of nitrogens with zero attached hydrogens (tertiary/aromatic N) is 1. The number of nitrogens with one attached hydrogen (secondary N) is 1. The van der Waals surface area contributed by atoms with Crippen LogP contribution in [0.25, 0.3) is 0 Å². The van der Waals surface area contributed by atoms with Gasteiger partial charge >= 0.3 is 0 Å². The van der Waals surface area contributed by atoms with Gasteiger partial charge in [0.25, 0.3) is 5.69 Å². The van der Waals surface area contributed by atoms with Crippen LogP contribution in [0.3, 0.4) is 0 Å². The van der Waals surface area contributed by atoms with E-state index in [1.165, 1.54) is 25.7 Å². The fourth-order valence-electron chi connectivity index (χ4n) is 3.07. The van der Waals surface area contributed by atoms with Crippen molar-refractivity contribution < 1.29 is 4.92 Å². The molecular formula is C15H20N2O2. The number of nitro groups is 1. The molecule has 1 unspecified atom stereocenters. The van der Waals surface area contributed by atoms with Crippen LogP contribution in [0.4, 0.5) is 5.69 Å². The van der Waals surface area contributed by atoms with E-state index in [9.17, 15) is 10.1 Å². The van der Waals surface area contributed by atoms with Crippen molar-refractivity contribution in [2.75, 3.05) is 6.54 Å². The summed E-state index contributed by atoms with van der Waals surface area (Å²) in [6.45, 7) is 3.02. The monoisotopic (exact) mass is 260 g/mol. The molecule has 0 amide bonds. The first-order valence-electron chi connectivity index (χ1n) is 7.09. The normalized spacial score (nSPS) is 21.9. The summed E-state index contributed by atoms with van der Waals surface area (Å²) < 4.78 is 0. The standard InChI is InChI=1S/C15H20N2O2/c1-11(13-4-2-3-5-14(13)17(18)19)16-10-15(8-9-15)12-6-7-12/h2-5,11-12,16H,6-10H2,1H3. The number of benzene rings is 1. The second-order valence-corrected chi connectivity index (χ2v) is 6.06. The Balaban J connectivity index is 1.67. The molecule has 1 aromatic rings. The molecule has 19 heavy (non-hydrogen) atoms. The minimum atomic E-state index is -0.290. The highest BCUT2D eigenvalue weighted by Crippen LogP contribution is 2.61. The van der Waals surface area contributed by atoms with Crippen molar-refractivity contribution in [3.8, 4) is 0 Å². The van der Waals surface area contributed by atoms with Gasteiger partial charge in [-0.2, -0.15) is 0 Å². The van der Waals surface area contributed by atoms with Crippen molar-refractivity contribution >= 4 is 5.69 Å². The average Bonchev–Trinajstić information content (AvgIpc) is 3.28. The van der Waals surface area contributed by atoms with Gasteiger partial charge in [-0.15, -0.1) is 0 Å². The van der Waals surface area contributed by atoms with E-state index in [4.69, 9.17) is 0 Å². The Labute approximate surface area is 113 Å². The van der Waals surface area contributed by atoms with Gasteiger partial charge in [0.2, 0.25) is 0 Å². The van der Waals surface area contributed by atoms with Crippen LogP contribution in [0, 0.1) is 21.4 Å². The topological polar surface area (TPSA) is 55.2 Å². The van der Waals surface area contributed by atoms with Crippen LogP contribution < -0.4 is 5.32 Å². The largest absolute Gasteiger partial charge is 0.309 e. The van der Waals surface area contributed by atoms with Crippen molar-refractivity contribution in [3.05, 3.63) is 39.9 Å². The van der Waals surface area contributed by atoms with Gasteiger partial charge in [0.15, 0.2) is 0 Å². The molecule has 1 atom stereocenters. The summed E-state index contributed by atoms with van der Waals surface area (Å²) in [5.41, 5.74) is 1.54. The Hall–Kier alpha value is -1.42. The first kappa shape index (κ1) is 12.6. The highest BCUT2D eigenvalue weighted by molar-refractivity contribution is 5.41. The average molecular weight is 260 g/mol. The lowest BCUT2D eigenvalue weighted by molar-refractivity contribution is -0.385. The Morgan fingerprint density at radius 3 is 2.68 bits per heavy atom. The lowest BCUT2D eigenvalue weighted by Gasteiger charge is -2.20. The quantitative estimate of drug-likeness (QED) is 0.629. The molecule has 0 heterocycles. The van der Waals surface area contributed by atoms with Crippen molar-refractivity contribution in [2.24, 2.45) is 11.3 Å². The van der Waals surface area contributed by atoms with E-state index in [1.807, 2.05) is 19.1 Å². The summed E-state index contributed by atoms with van der Waals surface area (Å²) in [5, 5.41) is 14.5. The fraction of sp³-hybridized carbons (Fsp3) is 0.600. The third-order valence-corrected chi connectivity index (χ3v) is 4.70. The second kappa shape index (κ2) is 4.60. The highest BCUT2D eigenvalue weighted by Gasteiger charge is 2.53. The second-order valence-electron chi connectivity index (χ2n) is 6.06. The summed E-state index contributed by atoms with van der Waals surface area (Å²) in [7, 11) is 0. The molecule has 2 aliphatic carbocycles. The number of hydrogen-bond donors (Lipinski definition) is 1. The zero-order chi connectivity index (χ0) is 13.5. The van der Waals surface area contributed by atoms with Gasteiger partial charge < -0.3 is 5.32 Å². The Kier molecular flexibility index (Phi) is 3.05. The first-order chi connectivity index (χ1) is 9.12. The van der Waals surface area contributed by atoms with Gasteiger partial charge in [-0.05, 0) is 43.9 Å². The molecule has 0 spiro atoms. The SMILES string of the molecule is CC(NCC1(C2CC2)CC1)c1ccccc1[N+](=O)[O-]. The van der Waals surface area contributed by atoms with Crippen molar-refractivity contribution in [1.29, 1.82) is 0 Å². The minimum absolute atomic E-state index is 0.0397. The van der Waals surface area contributed by atoms with Crippen LogP contribution in [0.5, 0.6) is 0 Å². The molecule has 2 fully saturated rings. The van der Waals surface area contributed by atoms with Crippen LogP contribution in [0.2, 0.25) is 0 Å². The van der Waals surface area contributed by atoms with E-state index >= 15 is 0 Å². The lowest BCUT2D eigenvalue weighted by atomic mass is 9.99. The number of rotatable bonds is 6. The molecule has 102 valence electrons. The molecule has 0 radical (unpaired) electrons. The fourth-order valence-corrected chi connectivity index (χ4v) is 3.07. The molecular weight excluding hydrogens is 240 g/mol. The van der Waals surface area contributed by atoms with Gasteiger partial charge in [0, 0.05) is 24.2 Å². The van der Waals surface area contributed by atoms with Gasteiger partial charge in [0.1, 0.15) is 0 Å². The van der Waals surface area contributed by atoms with Crippen molar-refractivity contribution in [1.82, 2.24) is 5.32 Å². The highest BCUT2D eigenvalue weighted by atomic mass is 16.6. The Morgan fingerprint density at radius 2 is 2.11 bits per heavy atom. The maximum Gasteiger partial charge on any atom is 0.274 e. The number of nitro benzene ring substituents is 1. The number of para-hydroxylation sites is 1. The van der Waals surface area contributed by atoms with Crippen LogP contribution in [-0.2, 0) is 0 Å². The van der Waals surface area contributed by atoms with Crippen molar-refractivity contribution in [3.63, 3.8) is 0 Å². The molecule has 0 saturated heterocycles. The zero-order valence-corrected chi connectivity index (χ0v) is 11.3. The molecule has 0 aliphatic heterocycles. The van der Waals surface area contributed by atoms with E-state index in [0.29, 0.717) is 5.41 Å². The number of hydrogen-bond acceptors (Lipinski definition) is 3. The van der Waals surface area contributed by atoms with E-state index in [-0.39, 0.29) is 16.7 Å². The van der Waals surface area contributed by atoms with Gasteiger partial charge in [-0.25, -0.2) is 0 Å². The third-order valence-electron chi connectivity index (χ3n) is 4.70. The summed E-state index contributed by atoms with van der Waals surface area (Å²) in [5.74, 6) is 0.915. The van der Waals surface area contributed by atoms with Gasteiger partial charge in [0.05, 0.1) is 4.92 Å². The third kappa shape index (κ3) is 2.50. The molecule has 2 aliphatic rings. The van der Waals surface area contributed by atoms with E-state index < -0.39 is 0 Å². The van der Waals surface area contributed by atoms with E-state index in [0.717, 1.165) is 18.0 Å². The maximum absolute atomic E-state index is 11.0. The molecule has 1 aromatic carbocycles. The van der Waals surface area contributed by atoms with Crippen LogP contribution >= 0.6 is 0 Å². The summed E-state index contributed by atoms with van der Waals surface area (Å²) in [4.78, 5) is 10.7. The summed E-state index contributed by atoms with van der Waals surface area (Å²) in [6, 6.07) is 7.07. The summed E-state index contributed by atoms with van der Waals surface area (Å²) >= 11 is 0. The molecule has 0 aromatic heterocycles. The Bertz CT molecular complexity index is 493. The van der Waals surface area contributed by atoms with E-state index in [1.54, 1.807) is 12.1 Å². The first-order valence-corrected chi connectivity index (χ1v) is 7.09. The molecule has 0 bridgehead atoms. The van der Waals surface area contributed by atoms with Gasteiger partial charge in [-0.3, -0.25) is 10.1 Å². The van der Waals surface area contributed by atoms with E-state index in [2.05, 4.69) is 5.32 Å². The Morgan fingerprint density at radius 1 is 1.42 bits per heavy atom. The van der Waals surface area contributed by atoms with Crippen LogP contribution in [0.15, 0.2) is 24.3 Å². The minimum Gasteiger partial charge on any atom is -0.309 e. The molecule has 3 rings (SSSR count). The van der Waals surface area contributed by atoms with Gasteiger partial charge in [-0.1, -0.05) is 18.2 Å². The molecule has 4 heteroatoms. The lowest BCUT2D eigenvalue weighted by Crippen LogP contribution is -2.28. The van der Waals surface area contributed by atoms with Crippen LogP contribution in [0.1, 0.15) is 44.2 Å². The molecule has 4 nitrogen and oxygen atoms in total. The zero-order valence-electron chi connectivity index (χ0n) is 11.3. The maximum atomic E-state index is 11.0. The van der Waals surface area contributed by atoms with Crippen molar-refractivity contribution in [2.45, 2.75) is 38.6 Å².